The summed E-state index contributed by atoms with van der Waals surface area (Å²) in [5.41, 5.74) is 0. The quantitative estimate of drug-likeness (QED) is 0.209. The van der Waals surface area contributed by atoms with E-state index in [0.29, 0.717) is 0 Å². The molecule has 0 rings (SSSR count). The first-order chi connectivity index (χ1) is 4.09. The highest BCUT2D eigenvalue weighted by molar-refractivity contribution is 4.51. The van der Waals surface area contributed by atoms with Gasteiger partial charge in [-0.25, -0.2) is 20.2 Å². The standard InChI is InChI=1S/CN4O4/c2-1-3(4(6)7)5(8)9. The first kappa shape index (κ1) is 7.09. The molecule has 0 saturated heterocycles. The number of nitrogens with zero attached hydrogens (tertiary/aromatic N) is 4. The van der Waals surface area contributed by atoms with Gasteiger partial charge in [-0.2, -0.15) is 5.26 Å². The molecule has 0 fully saturated rings. The molecule has 0 aromatic carbocycles. The van der Waals surface area contributed by atoms with E-state index >= 15 is 0 Å². The lowest BCUT2D eigenvalue weighted by Crippen LogP contribution is -2.30. The van der Waals surface area contributed by atoms with E-state index < -0.39 is 15.2 Å². The zero-order valence-corrected chi connectivity index (χ0v) is 3.92. The molecule has 9 heavy (non-hydrogen) atoms. The number of hydrogen-bond donors (Lipinski definition) is 0. The van der Waals surface area contributed by atoms with Gasteiger partial charge in [0.1, 0.15) is 0 Å². The summed E-state index contributed by atoms with van der Waals surface area (Å²) in [6, 6.07) is 0. The van der Waals surface area contributed by atoms with Gasteiger partial charge in [0.05, 0.1) is 0 Å². The second-order valence-electron chi connectivity index (χ2n) is 0.865. The van der Waals surface area contributed by atoms with Crippen LogP contribution in [-0.2, 0) is 0 Å². The number of hydrazine groups is 2. The molecule has 8 nitrogen and oxygen atoms in total. The normalized spacial score (nSPS) is 7.44. The molecule has 0 atom stereocenters. The highest BCUT2D eigenvalue weighted by Crippen LogP contribution is 1.82. The predicted octanol–water partition coefficient (Wildman–Crippen LogP) is -0.847. The van der Waals surface area contributed by atoms with E-state index in [1.165, 1.54) is 0 Å². The first-order valence-corrected chi connectivity index (χ1v) is 1.58. The third kappa shape index (κ3) is 1.56. The summed E-state index contributed by atoms with van der Waals surface area (Å²) in [5, 5.41) is 22.9. The Morgan fingerprint density at radius 3 is 1.67 bits per heavy atom. The Bertz CT molecular complexity index is 165. The third-order valence-corrected chi connectivity index (χ3v) is 0.399. The third-order valence-electron chi connectivity index (χ3n) is 0.399. The van der Waals surface area contributed by atoms with Crippen molar-refractivity contribution in [3.63, 3.8) is 0 Å². The Morgan fingerprint density at radius 1 is 1.33 bits per heavy atom. The summed E-state index contributed by atoms with van der Waals surface area (Å²) in [5.74, 6) is 0. The average molecular weight is 132 g/mol. The van der Waals surface area contributed by atoms with Gasteiger partial charge in [0.25, 0.3) is 5.12 Å². The fourth-order valence-corrected chi connectivity index (χ4v) is 0.133. The minimum absolute atomic E-state index is 0.736. The van der Waals surface area contributed by atoms with Crippen molar-refractivity contribution in [1.82, 2.24) is 5.12 Å². The van der Waals surface area contributed by atoms with Crippen LogP contribution in [0.2, 0.25) is 0 Å². The molecule has 0 aliphatic carbocycles. The lowest BCUT2D eigenvalue weighted by molar-refractivity contribution is -0.887. The van der Waals surface area contributed by atoms with Crippen molar-refractivity contribution in [2.24, 2.45) is 0 Å². The van der Waals surface area contributed by atoms with E-state index in [2.05, 4.69) is 0 Å². The Balaban J connectivity index is 4.22. The van der Waals surface area contributed by atoms with Gasteiger partial charge >= 0.3 is 6.19 Å². The largest absolute Gasteiger partial charge is 0.325 e. The van der Waals surface area contributed by atoms with Crippen LogP contribution in [0.15, 0.2) is 0 Å². The minimum Gasteiger partial charge on any atom is -0.229 e. The van der Waals surface area contributed by atoms with Crippen LogP contribution in [0, 0.1) is 31.7 Å². The van der Waals surface area contributed by atoms with Crippen LogP contribution in [-0.4, -0.2) is 15.2 Å². The van der Waals surface area contributed by atoms with Gasteiger partial charge in [-0.1, -0.05) is 0 Å². The summed E-state index contributed by atoms with van der Waals surface area (Å²) in [6.07, 6.45) is 0.736. The maximum atomic E-state index is 9.44. The average Bonchev–Trinajstić information content (AvgIpc) is 1.64. The highest BCUT2D eigenvalue weighted by atomic mass is 16.8. The van der Waals surface area contributed by atoms with Crippen molar-refractivity contribution in [3.8, 4) is 6.19 Å². The Morgan fingerprint density at radius 2 is 1.67 bits per heavy atom. The second-order valence-corrected chi connectivity index (χ2v) is 0.865. The lowest BCUT2D eigenvalue weighted by Gasteiger charge is -1.88. The molecule has 0 unspecified atom stereocenters. The molecule has 48 valence electrons. The van der Waals surface area contributed by atoms with Gasteiger partial charge in [-0.15, -0.1) is 0 Å². The van der Waals surface area contributed by atoms with Crippen molar-refractivity contribution < 1.29 is 10.1 Å². The second kappa shape index (κ2) is 2.41. The molecule has 0 amide bonds. The maximum absolute atomic E-state index is 9.44. The summed E-state index contributed by atoms with van der Waals surface area (Å²) < 4.78 is 0. The van der Waals surface area contributed by atoms with Gasteiger partial charge < -0.3 is 0 Å². The SMILES string of the molecule is N#CN([N+](=O)[O-])[N+](=O)[O-]. The van der Waals surface area contributed by atoms with Crippen molar-refractivity contribution in [2.75, 3.05) is 0 Å². The Kier molecular flexibility index (Phi) is 1.90. The van der Waals surface area contributed by atoms with Gasteiger partial charge in [0, 0.05) is 0 Å². The topological polar surface area (TPSA) is 113 Å². The molecular formula is CN4O4. The van der Waals surface area contributed by atoms with E-state index in [4.69, 9.17) is 5.26 Å². The van der Waals surface area contributed by atoms with Crippen LogP contribution in [0.1, 0.15) is 0 Å². The summed E-state index contributed by atoms with van der Waals surface area (Å²) in [6.45, 7) is 0. The van der Waals surface area contributed by atoms with Crippen LogP contribution < -0.4 is 0 Å². The first-order valence-electron chi connectivity index (χ1n) is 1.58. The summed E-state index contributed by atoms with van der Waals surface area (Å²) >= 11 is 0. The molecule has 0 spiro atoms. The van der Waals surface area contributed by atoms with Crippen LogP contribution in [0.4, 0.5) is 0 Å². The van der Waals surface area contributed by atoms with E-state index in [-0.39, 0.29) is 0 Å². The lowest BCUT2D eigenvalue weighted by atomic mass is 11.3. The molecule has 0 aliphatic heterocycles. The van der Waals surface area contributed by atoms with Crippen LogP contribution in [0.3, 0.4) is 0 Å². The van der Waals surface area contributed by atoms with Gasteiger partial charge in [0.2, 0.25) is 10.1 Å². The molecule has 0 saturated carbocycles. The Hall–Kier alpha value is -1.91. The van der Waals surface area contributed by atoms with E-state index in [1.807, 2.05) is 0 Å². The predicted molar refractivity (Wildman–Crippen MR) is 21.4 cm³/mol. The number of nitro groups is 2. The summed E-state index contributed by atoms with van der Waals surface area (Å²) in [7, 11) is 0. The maximum Gasteiger partial charge on any atom is 0.325 e. The molecule has 0 heterocycles. The van der Waals surface area contributed by atoms with E-state index in [1.54, 1.807) is 0 Å². The van der Waals surface area contributed by atoms with Crippen LogP contribution in [0.5, 0.6) is 0 Å². The zero-order valence-electron chi connectivity index (χ0n) is 3.92. The number of nitriles is 1. The zero-order chi connectivity index (χ0) is 7.44. The monoisotopic (exact) mass is 132 g/mol. The van der Waals surface area contributed by atoms with Crippen LogP contribution in [0.25, 0.3) is 0 Å². The summed E-state index contributed by atoms with van der Waals surface area (Å²) in [4.78, 5) is 18.9. The van der Waals surface area contributed by atoms with E-state index in [9.17, 15) is 20.2 Å². The van der Waals surface area contributed by atoms with Crippen LogP contribution >= 0.6 is 0 Å². The molecule has 0 aromatic rings. The van der Waals surface area contributed by atoms with Gasteiger partial charge in [-0.05, 0) is 0 Å². The minimum atomic E-state index is -1.43. The molecule has 8 heteroatoms. The fraction of sp³-hybridized carbons (Fsp3) is 0. The fourth-order valence-electron chi connectivity index (χ4n) is 0.133. The molecule has 0 aliphatic rings. The molecule has 0 N–H and O–H groups in total. The molecule has 0 bridgehead atoms. The van der Waals surface area contributed by atoms with Crippen molar-refractivity contribution in [3.05, 3.63) is 20.2 Å². The van der Waals surface area contributed by atoms with Crippen molar-refractivity contribution in [2.45, 2.75) is 0 Å². The van der Waals surface area contributed by atoms with Crippen molar-refractivity contribution in [1.29, 1.82) is 5.26 Å². The molecule has 0 aromatic heterocycles. The number of hydrogen-bond acceptors (Lipinski definition) is 5. The van der Waals surface area contributed by atoms with E-state index in [0.717, 1.165) is 6.19 Å². The molecular weight excluding hydrogens is 132 g/mol. The van der Waals surface area contributed by atoms with Gasteiger partial charge in [-0.3, -0.25) is 0 Å². The highest BCUT2D eigenvalue weighted by Gasteiger charge is 2.26. The van der Waals surface area contributed by atoms with Gasteiger partial charge in [0.15, 0.2) is 0 Å². The molecule has 0 radical (unpaired) electrons. The smallest absolute Gasteiger partial charge is 0.229 e. The van der Waals surface area contributed by atoms with Crippen molar-refractivity contribution >= 4 is 0 Å². The number of rotatable bonds is 2. The Labute approximate surface area is 48.1 Å².